The van der Waals surface area contributed by atoms with E-state index in [1.54, 1.807) is 0 Å². The summed E-state index contributed by atoms with van der Waals surface area (Å²) in [7, 11) is 0. The molecule has 2 heterocycles. The minimum Gasteiger partial charge on any atom is -0.383 e. The third-order valence-corrected chi connectivity index (χ3v) is 3.92. The summed E-state index contributed by atoms with van der Waals surface area (Å²) in [6.45, 7) is 0.950. The molecule has 0 unspecified atom stereocenters. The quantitative estimate of drug-likeness (QED) is 0.880. The second-order valence-electron chi connectivity index (χ2n) is 4.28. The Bertz CT molecular complexity index is 585. The molecule has 5 heteroatoms. The summed E-state index contributed by atoms with van der Waals surface area (Å²) in [5.41, 5.74) is 8.39. The van der Waals surface area contributed by atoms with E-state index in [9.17, 15) is 0 Å². The van der Waals surface area contributed by atoms with Gasteiger partial charge in [0, 0.05) is 12.2 Å². The molecule has 0 aliphatic carbocycles. The number of nitrogens with two attached hydrogens (primary N) is 1. The standard InChI is InChI=1S/C13H13BrN4/c14-11-12(15)16-8-17-13(11)18-7-3-5-9-4-1-2-6-10(9)18/h1-2,4,6,8H,3,5,7H2,(H2,15,16,17). The number of benzene rings is 1. The van der Waals surface area contributed by atoms with E-state index in [4.69, 9.17) is 5.73 Å². The van der Waals surface area contributed by atoms with E-state index in [0.29, 0.717) is 5.82 Å². The van der Waals surface area contributed by atoms with E-state index in [1.807, 2.05) is 0 Å². The van der Waals surface area contributed by atoms with Crippen molar-refractivity contribution in [3.05, 3.63) is 40.6 Å². The van der Waals surface area contributed by atoms with E-state index >= 15 is 0 Å². The molecule has 1 aromatic heterocycles. The van der Waals surface area contributed by atoms with Crippen LogP contribution in [0.15, 0.2) is 35.1 Å². The molecule has 0 bridgehead atoms. The number of nitrogens with zero attached hydrogens (tertiary/aromatic N) is 3. The van der Waals surface area contributed by atoms with Crippen molar-refractivity contribution in [2.24, 2.45) is 0 Å². The van der Waals surface area contributed by atoms with Crippen molar-refractivity contribution < 1.29 is 0 Å². The molecule has 4 nitrogen and oxygen atoms in total. The Morgan fingerprint density at radius 2 is 2.06 bits per heavy atom. The first-order chi connectivity index (χ1) is 8.77. The fourth-order valence-corrected chi connectivity index (χ4v) is 2.73. The topological polar surface area (TPSA) is 55.0 Å². The van der Waals surface area contributed by atoms with Gasteiger partial charge in [0.2, 0.25) is 0 Å². The van der Waals surface area contributed by atoms with Gasteiger partial charge in [-0.3, -0.25) is 0 Å². The van der Waals surface area contributed by atoms with Gasteiger partial charge in [-0.25, -0.2) is 9.97 Å². The zero-order valence-corrected chi connectivity index (χ0v) is 11.4. The Balaban J connectivity index is 2.11. The van der Waals surface area contributed by atoms with Crippen LogP contribution in [0, 0.1) is 0 Å². The molecular formula is C13H13BrN4. The molecule has 0 saturated heterocycles. The molecule has 1 aliphatic heterocycles. The van der Waals surface area contributed by atoms with Crippen LogP contribution < -0.4 is 10.6 Å². The van der Waals surface area contributed by atoms with Gasteiger partial charge in [0.1, 0.15) is 16.6 Å². The van der Waals surface area contributed by atoms with Crippen molar-refractivity contribution in [1.29, 1.82) is 0 Å². The summed E-state index contributed by atoms with van der Waals surface area (Å²) < 4.78 is 0.765. The van der Waals surface area contributed by atoms with E-state index in [0.717, 1.165) is 29.7 Å². The number of nitrogen functional groups attached to an aromatic ring is 1. The first-order valence-electron chi connectivity index (χ1n) is 5.89. The summed E-state index contributed by atoms with van der Waals surface area (Å²) in [6, 6.07) is 8.42. The lowest BCUT2D eigenvalue weighted by Gasteiger charge is -2.30. The molecule has 0 atom stereocenters. The zero-order chi connectivity index (χ0) is 12.5. The van der Waals surface area contributed by atoms with Crippen LogP contribution in [0.4, 0.5) is 17.3 Å². The van der Waals surface area contributed by atoms with Crippen LogP contribution in [-0.2, 0) is 6.42 Å². The maximum atomic E-state index is 5.82. The van der Waals surface area contributed by atoms with Crippen LogP contribution in [0.5, 0.6) is 0 Å². The number of fused-ring (bicyclic) bond motifs is 1. The highest BCUT2D eigenvalue weighted by atomic mass is 79.9. The number of hydrogen-bond donors (Lipinski definition) is 1. The van der Waals surface area contributed by atoms with Crippen LogP contribution in [0.1, 0.15) is 12.0 Å². The molecule has 1 aliphatic rings. The SMILES string of the molecule is Nc1ncnc(N2CCCc3ccccc32)c1Br. The molecule has 3 rings (SSSR count). The summed E-state index contributed by atoms with van der Waals surface area (Å²) in [4.78, 5) is 10.5. The third-order valence-electron chi connectivity index (χ3n) is 3.16. The molecule has 0 radical (unpaired) electrons. The van der Waals surface area contributed by atoms with Gasteiger partial charge in [0.25, 0.3) is 0 Å². The highest BCUT2D eigenvalue weighted by Gasteiger charge is 2.21. The van der Waals surface area contributed by atoms with Gasteiger partial charge in [0.15, 0.2) is 5.82 Å². The number of halogens is 1. The minimum atomic E-state index is 0.475. The number of aryl methyl sites for hydroxylation is 1. The molecule has 92 valence electrons. The summed E-state index contributed by atoms with van der Waals surface area (Å²) in [5, 5.41) is 0. The fraction of sp³-hybridized carbons (Fsp3) is 0.231. The lowest BCUT2D eigenvalue weighted by molar-refractivity contribution is 0.757. The monoisotopic (exact) mass is 304 g/mol. The van der Waals surface area contributed by atoms with E-state index in [-0.39, 0.29) is 0 Å². The first kappa shape index (κ1) is 11.5. The second kappa shape index (κ2) is 4.57. The van der Waals surface area contributed by atoms with Crippen LogP contribution >= 0.6 is 15.9 Å². The summed E-state index contributed by atoms with van der Waals surface area (Å²) in [5.74, 6) is 1.32. The van der Waals surface area contributed by atoms with Crippen molar-refractivity contribution in [1.82, 2.24) is 9.97 Å². The molecule has 2 aromatic rings. The number of para-hydroxylation sites is 1. The highest BCUT2D eigenvalue weighted by molar-refractivity contribution is 9.10. The van der Waals surface area contributed by atoms with Gasteiger partial charge in [-0.15, -0.1) is 0 Å². The van der Waals surface area contributed by atoms with Crippen LogP contribution in [0.3, 0.4) is 0 Å². The van der Waals surface area contributed by atoms with Crippen LogP contribution in [-0.4, -0.2) is 16.5 Å². The molecular weight excluding hydrogens is 292 g/mol. The average Bonchev–Trinajstić information content (AvgIpc) is 2.41. The Labute approximate surface area is 114 Å². The van der Waals surface area contributed by atoms with Crippen molar-refractivity contribution in [3.8, 4) is 0 Å². The number of aromatic nitrogens is 2. The predicted molar refractivity (Wildman–Crippen MR) is 75.9 cm³/mol. The van der Waals surface area contributed by atoms with Gasteiger partial charge in [-0.1, -0.05) is 18.2 Å². The number of hydrogen-bond acceptors (Lipinski definition) is 4. The number of rotatable bonds is 1. The Morgan fingerprint density at radius 3 is 2.94 bits per heavy atom. The average molecular weight is 305 g/mol. The molecule has 1 aromatic carbocycles. The maximum Gasteiger partial charge on any atom is 0.152 e. The van der Waals surface area contributed by atoms with Gasteiger partial charge in [0.05, 0.1) is 0 Å². The van der Waals surface area contributed by atoms with Crippen LogP contribution in [0.25, 0.3) is 0 Å². The maximum absolute atomic E-state index is 5.82. The summed E-state index contributed by atoms with van der Waals surface area (Å²) in [6.07, 6.45) is 3.74. The normalized spacial score (nSPS) is 14.4. The van der Waals surface area contributed by atoms with Crippen molar-refractivity contribution in [3.63, 3.8) is 0 Å². The van der Waals surface area contributed by atoms with Crippen molar-refractivity contribution in [2.45, 2.75) is 12.8 Å². The van der Waals surface area contributed by atoms with Gasteiger partial charge in [-0.2, -0.15) is 0 Å². The van der Waals surface area contributed by atoms with Gasteiger partial charge >= 0.3 is 0 Å². The Morgan fingerprint density at radius 1 is 1.22 bits per heavy atom. The second-order valence-corrected chi connectivity index (χ2v) is 5.07. The first-order valence-corrected chi connectivity index (χ1v) is 6.68. The summed E-state index contributed by atoms with van der Waals surface area (Å²) >= 11 is 3.48. The lowest BCUT2D eigenvalue weighted by Crippen LogP contribution is -2.25. The minimum absolute atomic E-state index is 0.475. The largest absolute Gasteiger partial charge is 0.383 e. The van der Waals surface area contributed by atoms with Gasteiger partial charge < -0.3 is 10.6 Å². The molecule has 0 spiro atoms. The Hall–Kier alpha value is -1.62. The third kappa shape index (κ3) is 1.84. The highest BCUT2D eigenvalue weighted by Crippen LogP contribution is 2.36. The molecule has 0 saturated carbocycles. The predicted octanol–water partition coefficient (Wildman–Crippen LogP) is 2.91. The van der Waals surface area contributed by atoms with Gasteiger partial charge in [-0.05, 0) is 40.4 Å². The number of anilines is 3. The molecule has 18 heavy (non-hydrogen) atoms. The Kier molecular flexibility index (Phi) is 2.91. The fourth-order valence-electron chi connectivity index (χ4n) is 2.32. The van der Waals surface area contributed by atoms with E-state index in [1.165, 1.54) is 17.6 Å². The zero-order valence-electron chi connectivity index (χ0n) is 9.81. The molecule has 0 amide bonds. The van der Waals surface area contributed by atoms with Crippen molar-refractivity contribution >= 4 is 33.3 Å². The van der Waals surface area contributed by atoms with E-state index in [2.05, 4.69) is 55.1 Å². The molecule has 2 N–H and O–H groups in total. The van der Waals surface area contributed by atoms with Crippen molar-refractivity contribution in [2.75, 3.05) is 17.2 Å². The molecule has 0 fully saturated rings. The van der Waals surface area contributed by atoms with Crippen LogP contribution in [0.2, 0.25) is 0 Å². The lowest BCUT2D eigenvalue weighted by atomic mass is 10.0. The smallest absolute Gasteiger partial charge is 0.152 e. The van der Waals surface area contributed by atoms with E-state index < -0.39 is 0 Å².